The van der Waals surface area contributed by atoms with Crippen LogP contribution in [0.15, 0.2) is 28.8 Å². The molecule has 0 saturated carbocycles. The molecule has 1 atom stereocenters. The van der Waals surface area contributed by atoms with Crippen molar-refractivity contribution in [3.05, 3.63) is 41.3 Å². The molecule has 0 radical (unpaired) electrons. The minimum atomic E-state index is -0.210. The Labute approximate surface area is 147 Å². The SMILES string of the molecule is CCOC(=O)CC1COc2c(OCc3cc(C(C)C)no3)cccc21. The Morgan fingerprint density at radius 3 is 2.96 bits per heavy atom. The summed E-state index contributed by atoms with van der Waals surface area (Å²) in [6.45, 7) is 7.04. The van der Waals surface area contributed by atoms with Gasteiger partial charge in [0, 0.05) is 17.5 Å². The zero-order valence-electron chi connectivity index (χ0n) is 14.8. The number of ether oxygens (including phenoxy) is 3. The highest BCUT2D eigenvalue weighted by Crippen LogP contribution is 2.42. The second-order valence-corrected chi connectivity index (χ2v) is 6.35. The minimum Gasteiger partial charge on any atom is -0.489 e. The van der Waals surface area contributed by atoms with Crippen molar-refractivity contribution in [3.63, 3.8) is 0 Å². The molecule has 2 heterocycles. The van der Waals surface area contributed by atoms with Crippen molar-refractivity contribution in [3.8, 4) is 11.5 Å². The van der Waals surface area contributed by atoms with Crippen molar-refractivity contribution in [1.82, 2.24) is 5.16 Å². The molecule has 1 unspecified atom stereocenters. The number of benzene rings is 1. The molecule has 0 amide bonds. The van der Waals surface area contributed by atoms with Crippen molar-refractivity contribution >= 4 is 5.97 Å². The summed E-state index contributed by atoms with van der Waals surface area (Å²) in [6.07, 6.45) is 0.310. The Hall–Kier alpha value is -2.50. The first kappa shape index (κ1) is 17.3. The molecular formula is C19H23NO5. The Bertz CT molecular complexity index is 737. The number of hydrogen-bond donors (Lipinski definition) is 0. The Kier molecular flexibility index (Phi) is 5.26. The zero-order valence-corrected chi connectivity index (χ0v) is 14.8. The first-order valence-corrected chi connectivity index (χ1v) is 8.58. The molecule has 3 rings (SSSR count). The number of para-hydroxylation sites is 1. The summed E-state index contributed by atoms with van der Waals surface area (Å²) in [6, 6.07) is 7.62. The number of fused-ring (bicyclic) bond motifs is 1. The van der Waals surface area contributed by atoms with E-state index in [1.807, 2.05) is 24.3 Å². The van der Waals surface area contributed by atoms with Gasteiger partial charge in [-0.05, 0) is 18.9 Å². The number of esters is 1. The summed E-state index contributed by atoms with van der Waals surface area (Å²) >= 11 is 0. The van der Waals surface area contributed by atoms with E-state index in [2.05, 4.69) is 19.0 Å². The lowest BCUT2D eigenvalue weighted by molar-refractivity contribution is -0.143. The molecule has 134 valence electrons. The lowest BCUT2D eigenvalue weighted by atomic mass is 9.98. The standard InChI is InChI=1S/C19H23NO5/c1-4-22-18(21)8-13-10-24-19-15(13)6-5-7-17(19)23-11-14-9-16(12(2)3)20-25-14/h5-7,9,12-13H,4,8,10-11H2,1-3H3. The van der Waals surface area contributed by atoms with Crippen molar-refractivity contribution in [2.75, 3.05) is 13.2 Å². The first-order valence-electron chi connectivity index (χ1n) is 8.58. The molecular weight excluding hydrogens is 322 g/mol. The highest BCUT2D eigenvalue weighted by atomic mass is 16.5. The third-order valence-corrected chi connectivity index (χ3v) is 4.14. The number of hydrogen-bond acceptors (Lipinski definition) is 6. The number of nitrogens with zero attached hydrogens (tertiary/aromatic N) is 1. The van der Waals surface area contributed by atoms with Crippen LogP contribution in [0, 0.1) is 0 Å². The van der Waals surface area contributed by atoms with E-state index in [-0.39, 0.29) is 18.5 Å². The summed E-state index contributed by atoms with van der Waals surface area (Å²) in [5.74, 6) is 2.10. The van der Waals surface area contributed by atoms with Crippen molar-refractivity contribution < 1.29 is 23.5 Å². The topological polar surface area (TPSA) is 70.8 Å². The van der Waals surface area contributed by atoms with Crippen LogP contribution in [0.4, 0.5) is 0 Å². The van der Waals surface area contributed by atoms with Crippen LogP contribution >= 0.6 is 0 Å². The van der Waals surface area contributed by atoms with Gasteiger partial charge in [0.25, 0.3) is 0 Å². The van der Waals surface area contributed by atoms with Crippen LogP contribution in [-0.4, -0.2) is 24.3 Å². The number of aromatic nitrogens is 1. The molecule has 1 aromatic heterocycles. The van der Waals surface area contributed by atoms with E-state index in [1.165, 1.54) is 0 Å². The molecule has 2 aromatic rings. The monoisotopic (exact) mass is 345 g/mol. The molecule has 6 nitrogen and oxygen atoms in total. The lowest BCUT2D eigenvalue weighted by Gasteiger charge is -2.10. The molecule has 0 spiro atoms. The van der Waals surface area contributed by atoms with E-state index in [1.54, 1.807) is 6.92 Å². The van der Waals surface area contributed by atoms with Crippen LogP contribution in [0.3, 0.4) is 0 Å². The number of rotatable bonds is 7. The Morgan fingerprint density at radius 2 is 2.24 bits per heavy atom. The Balaban J connectivity index is 1.67. The average molecular weight is 345 g/mol. The van der Waals surface area contributed by atoms with Crippen LogP contribution in [0.5, 0.6) is 11.5 Å². The van der Waals surface area contributed by atoms with Gasteiger partial charge in [-0.3, -0.25) is 4.79 Å². The van der Waals surface area contributed by atoms with Crippen LogP contribution in [0.2, 0.25) is 0 Å². The fourth-order valence-electron chi connectivity index (χ4n) is 2.80. The maximum atomic E-state index is 11.7. The van der Waals surface area contributed by atoms with Crippen LogP contribution < -0.4 is 9.47 Å². The maximum absolute atomic E-state index is 11.7. The van der Waals surface area contributed by atoms with E-state index >= 15 is 0 Å². The van der Waals surface area contributed by atoms with Gasteiger partial charge in [-0.25, -0.2) is 0 Å². The van der Waals surface area contributed by atoms with Gasteiger partial charge in [-0.2, -0.15) is 0 Å². The molecule has 25 heavy (non-hydrogen) atoms. The largest absolute Gasteiger partial charge is 0.489 e. The molecule has 0 saturated heterocycles. The van der Waals surface area contributed by atoms with E-state index < -0.39 is 0 Å². The smallest absolute Gasteiger partial charge is 0.306 e. The second-order valence-electron chi connectivity index (χ2n) is 6.35. The van der Waals surface area contributed by atoms with Crippen molar-refractivity contribution in [2.24, 2.45) is 0 Å². The third-order valence-electron chi connectivity index (χ3n) is 4.14. The van der Waals surface area contributed by atoms with Crippen LogP contribution in [0.25, 0.3) is 0 Å². The average Bonchev–Trinajstić information content (AvgIpc) is 3.21. The van der Waals surface area contributed by atoms with Gasteiger partial charge in [0.05, 0.1) is 25.3 Å². The molecule has 0 N–H and O–H groups in total. The van der Waals surface area contributed by atoms with Crippen molar-refractivity contribution in [1.29, 1.82) is 0 Å². The fraction of sp³-hybridized carbons (Fsp3) is 0.474. The second kappa shape index (κ2) is 7.59. The normalized spacial score (nSPS) is 15.8. The molecule has 1 aromatic carbocycles. The van der Waals surface area contributed by atoms with Gasteiger partial charge in [-0.1, -0.05) is 31.1 Å². The molecule has 1 aliphatic heterocycles. The highest BCUT2D eigenvalue weighted by Gasteiger charge is 2.29. The number of carbonyl (C=O) groups excluding carboxylic acids is 1. The van der Waals surface area contributed by atoms with Gasteiger partial charge in [0.15, 0.2) is 17.3 Å². The van der Waals surface area contributed by atoms with E-state index in [9.17, 15) is 4.79 Å². The van der Waals surface area contributed by atoms with Gasteiger partial charge in [-0.15, -0.1) is 0 Å². The predicted octanol–water partition coefficient (Wildman–Crippen LogP) is 3.81. The predicted molar refractivity (Wildman–Crippen MR) is 90.9 cm³/mol. The first-order chi connectivity index (χ1) is 12.1. The van der Waals surface area contributed by atoms with Gasteiger partial charge in [0.1, 0.15) is 6.61 Å². The summed E-state index contributed by atoms with van der Waals surface area (Å²) < 4.78 is 21.9. The highest BCUT2D eigenvalue weighted by molar-refractivity contribution is 5.71. The molecule has 0 aliphatic carbocycles. The Morgan fingerprint density at radius 1 is 1.40 bits per heavy atom. The summed E-state index contributed by atoms with van der Waals surface area (Å²) in [5.41, 5.74) is 1.88. The third kappa shape index (κ3) is 3.95. The summed E-state index contributed by atoms with van der Waals surface area (Å²) in [7, 11) is 0. The van der Waals surface area contributed by atoms with E-state index in [0.29, 0.717) is 42.8 Å². The molecule has 6 heteroatoms. The van der Waals surface area contributed by atoms with Gasteiger partial charge in [0.2, 0.25) is 0 Å². The summed E-state index contributed by atoms with van der Waals surface area (Å²) in [5, 5.41) is 4.03. The molecule has 0 bridgehead atoms. The minimum absolute atomic E-state index is 0.00424. The van der Waals surface area contributed by atoms with Crippen LogP contribution in [0.1, 0.15) is 56.0 Å². The van der Waals surface area contributed by atoms with E-state index in [4.69, 9.17) is 18.7 Å². The van der Waals surface area contributed by atoms with Gasteiger partial charge >= 0.3 is 5.97 Å². The number of carbonyl (C=O) groups is 1. The maximum Gasteiger partial charge on any atom is 0.306 e. The van der Waals surface area contributed by atoms with Crippen molar-refractivity contribution in [2.45, 2.75) is 45.6 Å². The quantitative estimate of drug-likeness (QED) is 0.711. The van der Waals surface area contributed by atoms with E-state index in [0.717, 1.165) is 11.3 Å². The van der Waals surface area contributed by atoms with Crippen LogP contribution in [-0.2, 0) is 16.1 Å². The molecule has 1 aliphatic rings. The lowest BCUT2D eigenvalue weighted by Crippen LogP contribution is -2.11. The summed E-state index contributed by atoms with van der Waals surface area (Å²) in [4.78, 5) is 11.7. The fourth-order valence-corrected chi connectivity index (χ4v) is 2.80. The van der Waals surface area contributed by atoms with Gasteiger partial charge < -0.3 is 18.7 Å². The zero-order chi connectivity index (χ0) is 17.8. The molecule has 0 fully saturated rings.